The van der Waals surface area contributed by atoms with E-state index < -0.39 is 0 Å². The first-order chi connectivity index (χ1) is 7.81. The maximum atomic E-state index is 7.91. The van der Waals surface area contributed by atoms with Crippen molar-refractivity contribution in [2.45, 2.75) is 13.0 Å². The van der Waals surface area contributed by atoms with Crippen LogP contribution in [0.5, 0.6) is 11.5 Å². The summed E-state index contributed by atoms with van der Waals surface area (Å²) < 4.78 is 10.3. The second-order valence-electron chi connectivity index (χ2n) is 3.19. The first-order valence-electron chi connectivity index (χ1n) is 5.12. The molecule has 1 aliphatic heterocycles. The van der Waals surface area contributed by atoms with Gasteiger partial charge in [-0.1, -0.05) is 6.07 Å². The summed E-state index contributed by atoms with van der Waals surface area (Å²) in [6.07, 6.45) is 0.500. The Balaban J connectivity index is 0.000000221. The second kappa shape index (κ2) is 7.05. The van der Waals surface area contributed by atoms with Gasteiger partial charge in [0.15, 0.2) is 11.5 Å². The molecular weight excluding hydrogens is 210 g/mol. The molecule has 0 spiro atoms. The lowest BCUT2D eigenvalue weighted by Crippen LogP contribution is -1.95. The van der Waals surface area contributed by atoms with Crippen LogP contribution in [0.2, 0.25) is 0 Å². The van der Waals surface area contributed by atoms with Gasteiger partial charge >= 0.3 is 0 Å². The number of hydrogen-bond donors (Lipinski definition) is 3. The molecule has 1 aliphatic rings. The maximum Gasteiger partial charge on any atom is 0.231 e. The molecule has 5 heteroatoms. The lowest BCUT2D eigenvalue weighted by Gasteiger charge is -1.97. The third kappa shape index (κ3) is 3.69. The topological polar surface area (TPSA) is 84.9 Å². The van der Waals surface area contributed by atoms with Crippen molar-refractivity contribution in [2.24, 2.45) is 5.73 Å². The fourth-order valence-electron chi connectivity index (χ4n) is 1.14. The standard InChI is InChI=1S/C8H9NO2.C3H8O2/c9-4-6-1-2-7-8(3-6)11-5-10-7;4-2-1-3-5/h1-3H,4-5,9H2;4-5H,1-3H2. The van der Waals surface area contributed by atoms with Crippen LogP contribution < -0.4 is 15.2 Å². The van der Waals surface area contributed by atoms with Gasteiger partial charge in [-0.2, -0.15) is 0 Å². The van der Waals surface area contributed by atoms with Crippen molar-refractivity contribution in [3.8, 4) is 11.5 Å². The largest absolute Gasteiger partial charge is 0.454 e. The van der Waals surface area contributed by atoms with E-state index in [9.17, 15) is 0 Å². The smallest absolute Gasteiger partial charge is 0.231 e. The molecule has 0 aliphatic carbocycles. The molecule has 0 radical (unpaired) electrons. The van der Waals surface area contributed by atoms with E-state index in [1.54, 1.807) is 0 Å². The second-order valence-corrected chi connectivity index (χ2v) is 3.19. The van der Waals surface area contributed by atoms with Crippen LogP contribution in [0, 0.1) is 0 Å². The van der Waals surface area contributed by atoms with Crippen LogP contribution in [0.4, 0.5) is 0 Å². The molecule has 0 saturated carbocycles. The molecule has 0 fully saturated rings. The van der Waals surface area contributed by atoms with E-state index in [4.69, 9.17) is 25.4 Å². The van der Waals surface area contributed by atoms with Crippen molar-refractivity contribution in [3.05, 3.63) is 23.8 Å². The van der Waals surface area contributed by atoms with Gasteiger partial charge in [-0.15, -0.1) is 0 Å². The van der Waals surface area contributed by atoms with Gasteiger partial charge in [0, 0.05) is 19.8 Å². The molecule has 1 heterocycles. The molecule has 4 N–H and O–H groups in total. The van der Waals surface area contributed by atoms with E-state index in [1.165, 1.54) is 0 Å². The molecule has 5 nitrogen and oxygen atoms in total. The minimum absolute atomic E-state index is 0.0938. The predicted molar refractivity (Wildman–Crippen MR) is 59.2 cm³/mol. The number of aliphatic hydroxyl groups excluding tert-OH is 2. The highest BCUT2D eigenvalue weighted by molar-refractivity contribution is 5.44. The summed E-state index contributed by atoms with van der Waals surface area (Å²) in [6, 6.07) is 5.72. The monoisotopic (exact) mass is 227 g/mol. The van der Waals surface area contributed by atoms with Gasteiger partial charge in [0.25, 0.3) is 0 Å². The Morgan fingerprint density at radius 1 is 1.12 bits per heavy atom. The Bertz CT molecular complexity index is 315. The van der Waals surface area contributed by atoms with E-state index >= 15 is 0 Å². The molecule has 0 saturated heterocycles. The highest BCUT2D eigenvalue weighted by Crippen LogP contribution is 2.32. The third-order valence-corrected chi connectivity index (χ3v) is 1.99. The number of rotatable bonds is 3. The lowest BCUT2D eigenvalue weighted by molar-refractivity contribution is 0.174. The number of fused-ring (bicyclic) bond motifs is 1. The summed E-state index contributed by atoms with van der Waals surface area (Å²) in [7, 11) is 0. The van der Waals surface area contributed by atoms with Crippen molar-refractivity contribution in [3.63, 3.8) is 0 Å². The predicted octanol–water partition coefficient (Wildman–Crippen LogP) is 0.235. The van der Waals surface area contributed by atoms with Crippen LogP contribution in [0.3, 0.4) is 0 Å². The van der Waals surface area contributed by atoms with Crippen molar-refractivity contribution >= 4 is 0 Å². The third-order valence-electron chi connectivity index (χ3n) is 1.99. The Morgan fingerprint density at radius 3 is 2.38 bits per heavy atom. The van der Waals surface area contributed by atoms with Gasteiger partial charge in [-0.05, 0) is 24.1 Å². The quantitative estimate of drug-likeness (QED) is 0.688. The highest BCUT2D eigenvalue weighted by Gasteiger charge is 2.11. The van der Waals surface area contributed by atoms with Gasteiger partial charge in [0.05, 0.1) is 0 Å². The van der Waals surface area contributed by atoms with Gasteiger partial charge in [-0.3, -0.25) is 0 Å². The Hall–Kier alpha value is -1.30. The van der Waals surface area contributed by atoms with Crippen LogP contribution in [0.25, 0.3) is 0 Å². The normalized spacial score (nSPS) is 11.9. The molecule has 0 aromatic heterocycles. The molecule has 16 heavy (non-hydrogen) atoms. The lowest BCUT2D eigenvalue weighted by atomic mass is 10.2. The molecule has 1 aromatic rings. The Labute approximate surface area is 94.4 Å². The van der Waals surface area contributed by atoms with Crippen molar-refractivity contribution in [1.29, 1.82) is 0 Å². The van der Waals surface area contributed by atoms with Crippen LogP contribution in [-0.4, -0.2) is 30.2 Å². The van der Waals surface area contributed by atoms with Gasteiger partial charge in [0.1, 0.15) is 0 Å². The van der Waals surface area contributed by atoms with E-state index in [-0.39, 0.29) is 13.2 Å². The summed E-state index contributed by atoms with van der Waals surface area (Å²) in [6.45, 7) is 1.05. The van der Waals surface area contributed by atoms with Crippen molar-refractivity contribution in [2.75, 3.05) is 20.0 Å². The van der Waals surface area contributed by atoms with Crippen LogP contribution in [0.15, 0.2) is 18.2 Å². The van der Waals surface area contributed by atoms with E-state index in [0.29, 0.717) is 19.8 Å². The molecule has 90 valence electrons. The fraction of sp³-hybridized carbons (Fsp3) is 0.455. The minimum Gasteiger partial charge on any atom is -0.454 e. The average Bonchev–Trinajstić information content (AvgIpc) is 2.77. The number of nitrogens with two attached hydrogens (primary N) is 1. The zero-order chi connectivity index (χ0) is 11.8. The number of aliphatic hydroxyl groups is 2. The zero-order valence-corrected chi connectivity index (χ0v) is 9.06. The average molecular weight is 227 g/mol. The highest BCUT2D eigenvalue weighted by atomic mass is 16.7. The summed E-state index contributed by atoms with van der Waals surface area (Å²) in [5.74, 6) is 1.61. The van der Waals surface area contributed by atoms with E-state index in [0.717, 1.165) is 17.1 Å². The van der Waals surface area contributed by atoms with Crippen LogP contribution in [-0.2, 0) is 6.54 Å². The Morgan fingerprint density at radius 2 is 1.81 bits per heavy atom. The van der Waals surface area contributed by atoms with Gasteiger partial charge < -0.3 is 25.4 Å². The van der Waals surface area contributed by atoms with Gasteiger partial charge in [-0.25, -0.2) is 0 Å². The molecule has 0 amide bonds. The Kier molecular flexibility index (Phi) is 5.63. The van der Waals surface area contributed by atoms with E-state index in [1.807, 2.05) is 18.2 Å². The number of ether oxygens (including phenoxy) is 2. The van der Waals surface area contributed by atoms with Crippen molar-refractivity contribution < 1.29 is 19.7 Å². The van der Waals surface area contributed by atoms with Crippen LogP contribution in [0.1, 0.15) is 12.0 Å². The molecule has 0 atom stereocenters. The van der Waals surface area contributed by atoms with Crippen molar-refractivity contribution in [1.82, 2.24) is 0 Å². The fourth-order valence-corrected chi connectivity index (χ4v) is 1.14. The zero-order valence-electron chi connectivity index (χ0n) is 9.06. The first kappa shape index (κ1) is 12.8. The number of hydrogen-bond acceptors (Lipinski definition) is 5. The SMILES string of the molecule is NCc1ccc2c(c1)OCO2.OCCCO. The molecule has 0 unspecified atom stereocenters. The summed E-state index contributed by atoms with van der Waals surface area (Å²) in [4.78, 5) is 0. The van der Waals surface area contributed by atoms with Crippen LogP contribution >= 0.6 is 0 Å². The van der Waals surface area contributed by atoms with Gasteiger partial charge in [0.2, 0.25) is 6.79 Å². The molecular formula is C11H17NO4. The first-order valence-corrected chi connectivity index (χ1v) is 5.12. The summed E-state index contributed by atoms with van der Waals surface area (Å²) in [5.41, 5.74) is 6.51. The molecule has 2 rings (SSSR count). The summed E-state index contributed by atoms with van der Waals surface area (Å²) >= 11 is 0. The minimum atomic E-state index is 0.0938. The summed E-state index contributed by atoms with van der Waals surface area (Å²) in [5, 5.41) is 15.8. The molecule has 0 bridgehead atoms. The number of benzene rings is 1. The maximum absolute atomic E-state index is 7.91. The van der Waals surface area contributed by atoms with E-state index in [2.05, 4.69) is 0 Å². The molecule has 1 aromatic carbocycles.